The Balaban J connectivity index is 2.71. The van der Waals surface area contributed by atoms with Crippen LogP contribution in [-0.4, -0.2) is 13.7 Å². The van der Waals surface area contributed by atoms with E-state index >= 15 is 0 Å². The van der Waals surface area contributed by atoms with Crippen molar-refractivity contribution in [1.82, 2.24) is 5.32 Å². The van der Waals surface area contributed by atoms with Crippen LogP contribution >= 0.6 is 11.3 Å². The van der Waals surface area contributed by atoms with Crippen LogP contribution in [0, 0.1) is 5.41 Å². The average Bonchev–Trinajstić information content (AvgIpc) is 2.76. The summed E-state index contributed by atoms with van der Waals surface area (Å²) in [5.41, 5.74) is 0.386. The Kier molecular flexibility index (Phi) is 6.16. The SMILES string of the molecule is CCCNC(CCC(C)(C)C)c1sccc1OC. The van der Waals surface area contributed by atoms with Gasteiger partial charge in [0.25, 0.3) is 0 Å². The molecule has 0 aromatic carbocycles. The Morgan fingerprint density at radius 1 is 1.39 bits per heavy atom. The van der Waals surface area contributed by atoms with Crippen LogP contribution in [0.15, 0.2) is 11.4 Å². The molecule has 0 fully saturated rings. The predicted octanol–water partition coefficient (Wildman–Crippen LogP) is 4.62. The first kappa shape index (κ1) is 15.5. The first-order valence-electron chi connectivity index (χ1n) is 6.82. The van der Waals surface area contributed by atoms with Crippen molar-refractivity contribution in [1.29, 1.82) is 0 Å². The van der Waals surface area contributed by atoms with E-state index in [1.54, 1.807) is 18.4 Å². The maximum absolute atomic E-state index is 5.45. The third-order valence-corrected chi connectivity index (χ3v) is 4.03. The minimum atomic E-state index is 0.386. The third kappa shape index (κ3) is 4.99. The molecule has 2 nitrogen and oxygen atoms in total. The largest absolute Gasteiger partial charge is 0.496 e. The highest BCUT2D eigenvalue weighted by molar-refractivity contribution is 7.10. The lowest BCUT2D eigenvalue weighted by Gasteiger charge is -2.24. The zero-order chi connectivity index (χ0) is 13.6. The maximum Gasteiger partial charge on any atom is 0.134 e. The molecule has 0 radical (unpaired) electrons. The molecule has 0 amide bonds. The lowest BCUT2D eigenvalue weighted by atomic mass is 9.88. The van der Waals surface area contributed by atoms with Crippen molar-refractivity contribution in [2.45, 2.75) is 53.0 Å². The Morgan fingerprint density at radius 3 is 2.67 bits per heavy atom. The quantitative estimate of drug-likeness (QED) is 0.779. The van der Waals surface area contributed by atoms with Gasteiger partial charge in [0.05, 0.1) is 12.0 Å². The fourth-order valence-corrected chi connectivity index (χ4v) is 2.92. The Hall–Kier alpha value is -0.540. The van der Waals surface area contributed by atoms with Crippen LogP contribution in [0.1, 0.15) is 57.9 Å². The van der Waals surface area contributed by atoms with E-state index in [1.807, 2.05) is 0 Å². The van der Waals surface area contributed by atoms with Crippen molar-refractivity contribution in [3.8, 4) is 5.75 Å². The zero-order valence-corrected chi connectivity index (χ0v) is 13.2. The molecule has 1 N–H and O–H groups in total. The Labute approximate surface area is 116 Å². The van der Waals surface area contributed by atoms with Crippen LogP contribution in [0.5, 0.6) is 5.75 Å². The first-order valence-corrected chi connectivity index (χ1v) is 7.70. The lowest BCUT2D eigenvalue weighted by Crippen LogP contribution is -2.23. The average molecular weight is 269 g/mol. The number of hydrogen-bond donors (Lipinski definition) is 1. The second-order valence-corrected chi connectivity index (χ2v) is 6.91. The van der Waals surface area contributed by atoms with Gasteiger partial charge in [-0.3, -0.25) is 0 Å². The van der Waals surface area contributed by atoms with Crippen molar-refractivity contribution < 1.29 is 4.74 Å². The molecule has 0 aliphatic carbocycles. The molecule has 0 aliphatic rings. The molecule has 1 heterocycles. The molecule has 0 bridgehead atoms. The van der Waals surface area contributed by atoms with E-state index in [0.29, 0.717) is 11.5 Å². The highest BCUT2D eigenvalue weighted by Gasteiger charge is 2.20. The van der Waals surface area contributed by atoms with Gasteiger partial charge in [0.1, 0.15) is 5.75 Å². The predicted molar refractivity (Wildman–Crippen MR) is 80.6 cm³/mol. The number of hydrogen-bond acceptors (Lipinski definition) is 3. The summed E-state index contributed by atoms with van der Waals surface area (Å²) >= 11 is 1.80. The van der Waals surface area contributed by atoms with E-state index < -0.39 is 0 Å². The minimum absolute atomic E-state index is 0.386. The second kappa shape index (κ2) is 7.15. The topological polar surface area (TPSA) is 21.3 Å². The Bertz CT molecular complexity index is 341. The van der Waals surface area contributed by atoms with Crippen molar-refractivity contribution in [2.24, 2.45) is 5.41 Å². The second-order valence-electron chi connectivity index (χ2n) is 5.96. The summed E-state index contributed by atoms with van der Waals surface area (Å²) in [7, 11) is 1.76. The van der Waals surface area contributed by atoms with Gasteiger partial charge in [0.2, 0.25) is 0 Å². The summed E-state index contributed by atoms with van der Waals surface area (Å²) in [6.45, 7) is 10.2. The summed E-state index contributed by atoms with van der Waals surface area (Å²) in [5.74, 6) is 1.03. The molecule has 1 rings (SSSR count). The van der Waals surface area contributed by atoms with Crippen molar-refractivity contribution in [3.63, 3.8) is 0 Å². The highest BCUT2D eigenvalue weighted by atomic mass is 32.1. The molecular formula is C15H27NOS. The van der Waals surface area contributed by atoms with Crippen LogP contribution in [0.3, 0.4) is 0 Å². The van der Waals surface area contributed by atoms with Crippen LogP contribution in [0.25, 0.3) is 0 Å². The van der Waals surface area contributed by atoms with Gasteiger partial charge in [-0.25, -0.2) is 0 Å². The van der Waals surface area contributed by atoms with E-state index in [2.05, 4.69) is 44.5 Å². The first-order chi connectivity index (χ1) is 8.48. The fraction of sp³-hybridized carbons (Fsp3) is 0.733. The van der Waals surface area contributed by atoms with Gasteiger partial charge in [0.15, 0.2) is 0 Å². The molecule has 3 heteroatoms. The van der Waals surface area contributed by atoms with E-state index in [-0.39, 0.29) is 0 Å². The lowest BCUT2D eigenvalue weighted by molar-refractivity contribution is 0.328. The van der Waals surface area contributed by atoms with E-state index in [0.717, 1.165) is 12.3 Å². The summed E-state index contributed by atoms with van der Waals surface area (Å²) in [6, 6.07) is 2.50. The number of nitrogens with one attached hydrogen (secondary N) is 1. The highest BCUT2D eigenvalue weighted by Crippen LogP contribution is 2.35. The smallest absolute Gasteiger partial charge is 0.134 e. The molecule has 0 aliphatic heterocycles. The summed E-state index contributed by atoms with van der Waals surface area (Å²) < 4.78 is 5.45. The van der Waals surface area contributed by atoms with Gasteiger partial charge in [-0.1, -0.05) is 27.7 Å². The number of methoxy groups -OCH3 is 1. The maximum atomic E-state index is 5.45. The van der Waals surface area contributed by atoms with Gasteiger partial charge in [-0.2, -0.15) is 0 Å². The van der Waals surface area contributed by atoms with Crippen LogP contribution in [0.2, 0.25) is 0 Å². The molecule has 0 saturated carbocycles. The molecule has 18 heavy (non-hydrogen) atoms. The molecule has 1 aromatic heterocycles. The van der Waals surface area contributed by atoms with Gasteiger partial charge in [-0.15, -0.1) is 11.3 Å². The van der Waals surface area contributed by atoms with Gasteiger partial charge < -0.3 is 10.1 Å². The number of thiophene rings is 1. The Morgan fingerprint density at radius 2 is 2.11 bits per heavy atom. The molecule has 1 aromatic rings. The number of ether oxygens (including phenoxy) is 1. The summed E-state index contributed by atoms with van der Waals surface area (Å²) in [4.78, 5) is 1.34. The van der Waals surface area contributed by atoms with Crippen molar-refractivity contribution in [3.05, 3.63) is 16.3 Å². The third-order valence-electron chi connectivity index (χ3n) is 3.02. The van der Waals surface area contributed by atoms with Gasteiger partial charge in [-0.05, 0) is 42.7 Å². The fourth-order valence-electron chi connectivity index (χ4n) is 1.95. The normalized spacial score (nSPS) is 13.6. The van der Waals surface area contributed by atoms with Crippen LogP contribution in [-0.2, 0) is 0 Å². The van der Waals surface area contributed by atoms with E-state index in [9.17, 15) is 0 Å². The van der Waals surface area contributed by atoms with E-state index in [1.165, 1.54) is 24.1 Å². The molecular weight excluding hydrogens is 242 g/mol. The van der Waals surface area contributed by atoms with E-state index in [4.69, 9.17) is 4.74 Å². The van der Waals surface area contributed by atoms with Crippen LogP contribution in [0.4, 0.5) is 0 Å². The molecule has 1 unspecified atom stereocenters. The van der Waals surface area contributed by atoms with Crippen molar-refractivity contribution >= 4 is 11.3 Å². The van der Waals surface area contributed by atoms with Crippen LogP contribution < -0.4 is 10.1 Å². The standard InChI is InChI=1S/C15H27NOS/c1-6-10-16-12(7-9-15(2,3)4)14-13(17-5)8-11-18-14/h8,11-12,16H,6-7,9-10H2,1-5H3. The minimum Gasteiger partial charge on any atom is -0.496 e. The molecule has 0 saturated heterocycles. The number of rotatable bonds is 7. The van der Waals surface area contributed by atoms with Gasteiger partial charge >= 0.3 is 0 Å². The van der Waals surface area contributed by atoms with Crippen molar-refractivity contribution in [2.75, 3.05) is 13.7 Å². The monoisotopic (exact) mass is 269 g/mol. The summed E-state index contributed by atoms with van der Waals surface area (Å²) in [5, 5.41) is 5.77. The molecule has 0 spiro atoms. The molecule has 104 valence electrons. The van der Waals surface area contributed by atoms with Gasteiger partial charge in [0, 0.05) is 6.04 Å². The summed E-state index contributed by atoms with van der Waals surface area (Å²) in [6.07, 6.45) is 3.55. The zero-order valence-electron chi connectivity index (χ0n) is 12.4. The molecule has 1 atom stereocenters.